The van der Waals surface area contributed by atoms with Crippen LogP contribution in [0.25, 0.3) is 5.69 Å². The summed E-state index contributed by atoms with van der Waals surface area (Å²) >= 11 is 11.4. The van der Waals surface area contributed by atoms with E-state index >= 15 is 0 Å². The summed E-state index contributed by atoms with van der Waals surface area (Å²) in [6.07, 6.45) is -2.92. The van der Waals surface area contributed by atoms with Crippen LogP contribution in [0.4, 0.5) is 13.2 Å². The fourth-order valence-corrected chi connectivity index (χ4v) is 1.74. The van der Waals surface area contributed by atoms with E-state index in [4.69, 9.17) is 23.2 Å². The van der Waals surface area contributed by atoms with Gasteiger partial charge in [0.25, 0.3) is 0 Å². The van der Waals surface area contributed by atoms with E-state index in [9.17, 15) is 13.2 Å². The van der Waals surface area contributed by atoms with Gasteiger partial charge in [-0.15, -0.1) is 16.7 Å². The Kier molecular flexibility index (Phi) is 3.49. The largest absolute Gasteiger partial charge is 0.416 e. The number of alkyl halides is 4. The fourth-order valence-electron chi connectivity index (χ4n) is 1.35. The summed E-state index contributed by atoms with van der Waals surface area (Å²) in [7, 11) is 0. The lowest BCUT2D eigenvalue weighted by Crippen LogP contribution is -2.06. The summed E-state index contributed by atoms with van der Waals surface area (Å²) in [6.45, 7) is 0. The Bertz CT molecular complexity index is 566. The van der Waals surface area contributed by atoms with Gasteiger partial charge in [-0.1, -0.05) is 16.8 Å². The molecule has 0 saturated carbocycles. The molecule has 1 aromatic heterocycles. The third kappa shape index (κ3) is 2.59. The highest BCUT2D eigenvalue weighted by atomic mass is 35.5. The molecule has 0 atom stereocenters. The molecule has 0 amide bonds. The number of hydrogen-bond acceptors (Lipinski definition) is 2. The molecule has 0 saturated heterocycles. The monoisotopic (exact) mass is 295 g/mol. The number of halogens is 5. The van der Waals surface area contributed by atoms with Crippen LogP contribution in [-0.2, 0) is 12.1 Å². The third-order valence-corrected chi connectivity index (χ3v) is 2.78. The Morgan fingerprint density at radius 1 is 1.28 bits per heavy atom. The van der Waals surface area contributed by atoms with Crippen molar-refractivity contribution in [2.45, 2.75) is 12.1 Å². The van der Waals surface area contributed by atoms with Gasteiger partial charge in [-0.3, -0.25) is 0 Å². The summed E-state index contributed by atoms with van der Waals surface area (Å²) in [4.78, 5) is 0. The molecule has 8 heteroatoms. The first-order valence-corrected chi connectivity index (χ1v) is 5.67. The van der Waals surface area contributed by atoms with E-state index in [2.05, 4.69) is 10.3 Å². The third-order valence-electron chi connectivity index (χ3n) is 2.20. The molecule has 0 bridgehead atoms. The van der Waals surface area contributed by atoms with E-state index in [0.29, 0.717) is 11.4 Å². The van der Waals surface area contributed by atoms with Crippen LogP contribution in [0.15, 0.2) is 24.4 Å². The maximum absolute atomic E-state index is 12.4. The number of hydrogen-bond donors (Lipinski definition) is 0. The zero-order valence-electron chi connectivity index (χ0n) is 8.75. The zero-order valence-corrected chi connectivity index (χ0v) is 10.3. The van der Waals surface area contributed by atoms with Crippen LogP contribution in [0.3, 0.4) is 0 Å². The Balaban J connectivity index is 2.41. The fraction of sp³-hybridized carbons (Fsp3) is 0.200. The van der Waals surface area contributed by atoms with Crippen LogP contribution < -0.4 is 0 Å². The molecule has 0 unspecified atom stereocenters. The van der Waals surface area contributed by atoms with E-state index in [0.717, 1.165) is 12.1 Å². The first-order valence-electron chi connectivity index (χ1n) is 4.76. The van der Waals surface area contributed by atoms with E-state index in [-0.39, 0.29) is 10.9 Å². The molecule has 2 aromatic rings. The first-order chi connectivity index (χ1) is 8.41. The highest BCUT2D eigenvalue weighted by Crippen LogP contribution is 2.32. The molecular weight excluding hydrogens is 290 g/mol. The van der Waals surface area contributed by atoms with Gasteiger partial charge in [0.2, 0.25) is 0 Å². The average molecular weight is 296 g/mol. The molecule has 1 heterocycles. The van der Waals surface area contributed by atoms with Gasteiger partial charge in [-0.25, -0.2) is 4.68 Å². The second-order valence-electron chi connectivity index (χ2n) is 3.45. The summed E-state index contributed by atoms with van der Waals surface area (Å²) in [6, 6.07) is 3.01. The minimum Gasteiger partial charge on any atom is -0.219 e. The average Bonchev–Trinajstić information content (AvgIpc) is 2.76. The maximum atomic E-state index is 12.4. The van der Waals surface area contributed by atoms with Crippen LogP contribution in [0, 0.1) is 0 Å². The van der Waals surface area contributed by atoms with Crippen molar-refractivity contribution in [3.63, 3.8) is 0 Å². The summed E-state index contributed by atoms with van der Waals surface area (Å²) in [5.74, 6) is 0.165. The molecule has 0 aliphatic rings. The molecule has 0 N–H and O–H groups in total. The summed E-state index contributed by atoms with van der Waals surface area (Å²) in [5, 5.41) is 7.39. The van der Waals surface area contributed by atoms with Gasteiger partial charge in [0.05, 0.1) is 34.0 Å². The number of rotatable bonds is 2. The van der Waals surface area contributed by atoms with E-state index in [1.165, 1.54) is 16.9 Å². The van der Waals surface area contributed by atoms with Crippen molar-refractivity contribution >= 4 is 23.2 Å². The van der Waals surface area contributed by atoms with Gasteiger partial charge in [-0.05, 0) is 18.2 Å². The first kappa shape index (κ1) is 13.2. The molecule has 0 aliphatic carbocycles. The Morgan fingerprint density at radius 2 is 2.00 bits per heavy atom. The minimum atomic E-state index is -4.42. The van der Waals surface area contributed by atoms with Gasteiger partial charge in [0.1, 0.15) is 0 Å². The molecule has 0 radical (unpaired) electrons. The van der Waals surface area contributed by atoms with E-state index < -0.39 is 11.7 Å². The van der Waals surface area contributed by atoms with Crippen LogP contribution in [0.5, 0.6) is 0 Å². The second kappa shape index (κ2) is 4.78. The van der Waals surface area contributed by atoms with Crippen molar-refractivity contribution in [3.8, 4) is 5.69 Å². The SMILES string of the molecule is FC(F)(F)c1ccc(-n2cc(CCl)nn2)c(Cl)c1. The molecule has 2 rings (SSSR count). The van der Waals surface area contributed by atoms with E-state index in [1.54, 1.807) is 0 Å². The molecular formula is C10H6Cl2F3N3. The molecule has 0 aliphatic heterocycles. The zero-order chi connectivity index (χ0) is 13.3. The Hall–Kier alpha value is -1.27. The van der Waals surface area contributed by atoms with Gasteiger partial charge >= 0.3 is 6.18 Å². The summed E-state index contributed by atoms with van der Waals surface area (Å²) < 4.78 is 38.6. The lowest BCUT2D eigenvalue weighted by atomic mass is 10.2. The highest BCUT2D eigenvalue weighted by molar-refractivity contribution is 6.32. The van der Waals surface area contributed by atoms with Crippen molar-refractivity contribution in [3.05, 3.63) is 40.7 Å². The van der Waals surface area contributed by atoms with Gasteiger partial charge < -0.3 is 0 Å². The van der Waals surface area contributed by atoms with Gasteiger partial charge in [-0.2, -0.15) is 13.2 Å². The molecule has 3 nitrogen and oxygen atoms in total. The lowest BCUT2D eigenvalue weighted by Gasteiger charge is -2.09. The molecule has 0 spiro atoms. The Labute approximate surface area is 110 Å². The molecule has 96 valence electrons. The molecule has 0 fully saturated rings. The van der Waals surface area contributed by atoms with Gasteiger partial charge in [0, 0.05) is 0 Å². The number of aromatic nitrogens is 3. The maximum Gasteiger partial charge on any atom is 0.416 e. The Morgan fingerprint density at radius 3 is 2.50 bits per heavy atom. The highest BCUT2D eigenvalue weighted by Gasteiger charge is 2.31. The van der Waals surface area contributed by atoms with Crippen molar-refractivity contribution < 1.29 is 13.2 Å². The normalized spacial score (nSPS) is 11.8. The van der Waals surface area contributed by atoms with Crippen molar-refractivity contribution in [2.24, 2.45) is 0 Å². The summed E-state index contributed by atoms with van der Waals surface area (Å²) in [5.41, 5.74) is 0.00935. The van der Waals surface area contributed by atoms with Crippen LogP contribution in [-0.4, -0.2) is 15.0 Å². The minimum absolute atomic E-state index is 0.0594. The van der Waals surface area contributed by atoms with Crippen LogP contribution in [0.1, 0.15) is 11.3 Å². The predicted molar refractivity (Wildman–Crippen MR) is 60.9 cm³/mol. The lowest BCUT2D eigenvalue weighted by molar-refractivity contribution is -0.137. The van der Waals surface area contributed by atoms with Crippen LogP contribution >= 0.6 is 23.2 Å². The van der Waals surface area contributed by atoms with Gasteiger partial charge in [0.15, 0.2) is 0 Å². The van der Waals surface area contributed by atoms with E-state index in [1.807, 2.05) is 0 Å². The number of nitrogens with zero attached hydrogens (tertiary/aromatic N) is 3. The smallest absolute Gasteiger partial charge is 0.219 e. The van der Waals surface area contributed by atoms with Crippen molar-refractivity contribution in [2.75, 3.05) is 0 Å². The van der Waals surface area contributed by atoms with Crippen molar-refractivity contribution in [1.82, 2.24) is 15.0 Å². The second-order valence-corrected chi connectivity index (χ2v) is 4.13. The topological polar surface area (TPSA) is 30.7 Å². The van der Waals surface area contributed by atoms with Crippen molar-refractivity contribution in [1.29, 1.82) is 0 Å². The number of benzene rings is 1. The molecule has 18 heavy (non-hydrogen) atoms. The van der Waals surface area contributed by atoms with Crippen LogP contribution in [0.2, 0.25) is 5.02 Å². The quantitative estimate of drug-likeness (QED) is 0.791. The predicted octanol–water partition coefficient (Wildman–Crippen LogP) is 3.68. The molecule has 1 aromatic carbocycles. The standard InChI is InChI=1S/C10H6Cl2F3N3/c11-4-7-5-18(17-16-7)9-2-1-6(3-8(9)12)10(13,14)15/h1-3,5H,4H2.